The number of hydrogen-bond acceptors (Lipinski definition) is 7. The number of carbonyl (C=O) groups is 1. The topological polar surface area (TPSA) is 87.5 Å². The zero-order chi connectivity index (χ0) is 24.2. The summed E-state index contributed by atoms with van der Waals surface area (Å²) in [5.74, 6) is 0.418. The van der Waals surface area contributed by atoms with Crippen LogP contribution < -0.4 is 10.2 Å². The van der Waals surface area contributed by atoms with Gasteiger partial charge < -0.3 is 19.7 Å². The molecule has 3 aromatic rings. The maximum atomic E-state index is 12.2. The van der Waals surface area contributed by atoms with Crippen LogP contribution in [-0.2, 0) is 9.47 Å². The van der Waals surface area contributed by atoms with Crippen molar-refractivity contribution in [2.45, 2.75) is 38.8 Å². The molecule has 1 fully saturated rings. The molecule has 1 unspecified atom stereocenters. The van der Waals surface area contributed by atoms with E-state index in [2.05, 4.69) is 22.4 Å². The van der Waals surface area contributed by atoms with E-state index in [0.29, 0.717) is 16.8 Å². The number of hydrogen-bond donors (Lipinski definition) is 1. The summed E-state index contributed by atoms with van der Waals surface area (Å²) >= 11 is 0. The summed E-state index contributed by atoms with van der Waals surface area (Å²) in [6, 6.07) is 15.5. The Morgan fingerprint density at radius 2 is 1.94 bits per heavy atom. The van der Waals surface area contributed by atoms with Gasteiger partial charge in [-0.2, -0.15) is 5.26 Å². The van der Waals surface area contributed by atoms with Gasteiger partial charge in [-0.05, 0) is 56.5 Å². The third-order valence-corrected chi connectivity index (χ3v) is 6.46. The van der Waals surface area contributed by atoms with E-state index < -0.39 is 5.97 Å². The number of carbonyl (C=O) groups excluding carboxylic acids is 1. The number of esters is 1. The first kappa shape index (κ1) is 23.5. The molecule has 0 radical (unpaired) electrons. The second-order valence-electron chi connectivity index (χ2n) is 8.72. The van der Waals surface area contributed by atoms with Crippen LogP contribution in [0.1, 0.15) is 52.9 Å². The standard InChI is InChI=1S/C27H30N4O3/c1-17-13-22(18(2)29-24-8-6-5-7-21(24)27(32)34-4)26-23(14-17)19(16-28)15-25(30-26)31-11-9-20(33-3)10-12-31/h5-8,13-15,18,20,29H,9-12H2,1-4H3. The highest BCUT2D eigenvalue weighted by molar-refractivity contribution is 5.96. The van der Waals surface area contributed by atoms with Crippen LogP contribution in [-0.4, -0.2) is 44.4 Å². The Morgan fingerprint density at radius 1 is 1.21 bits per heavy atom. The highest BCUT2D eigenvalue weighted by Crippen LogP contribution is 2.33. The minimum absolute atomic E-state index is 0.165. The zero-order valence-electron chi connectivity index (χ0n) is 20.1. The van der Waals surface area contributed by atoms with Gasteiger partial charge >= 0.3 is 5.97 Å². The average Bonchev–Trinajstić information content (AvgIpc) is 2.87. The molecule has 0 aliphatic carbocycles. The molecule has 1 atom stereocenters. The number of aryl methyl sites for hydroxylation is 1. The highest BCUT2D eigenvalue weighted by atomic mass is 16.5. The Kier molecular flexibility index (Phi) is 6.99. The molecule has 7 nitrogen and oxygen atoms in total. The van der Waals surface area contributed by atoms with E-state index in [-0.39, 0.29) is 12.1 Å². The predicted octanol–water partition coefficient (Wildman–Crippen LogP) is 4.99. The number of benzene rings is 2. The maximum Gasteiger partial charge on any atom is 0.339 e. The molecule has 1 saturated heterocycles. The smallest absolute Gasteiger partial charge is 0.339 e. The fourth-order valence-electron chi connectivity index (χ4n) is 4.60. The number of rotatable bonds is 6. The monoisotopic (exact) mass is 458 g/mol. The number of anilines is 2. The van der Waals surface area contributed by atoms with Crippen molar-refractivity contribution >= 4 is 28.4 Å². The lowest BCUT2D eigenvalue weighted by Gasteiger charge is -2.32. The lowest BCUT2D eigenvalue weighted by Crippen LogP contribution is -2.37. The summed E-state index contributed by atoms with van der Waals surface area (Å²) in [6.07, 6.45) is 2.13. The first-order valence-electron chi connectivity index (χ1n) is 11.5. The second kappa shape index (κ2) is 10.1. The number of pyridine rings is 1. The van der Waals surface area contributed by atoms with Crippen molar-refractivity contribution in [2.24, 2.45) is 0 Å². The number of para-hydroxylation sites is 1. The van der Waals surface area contributed by atoms with Gasteiger partial charge in [-0.3, -0.25) is 0 Å². The van der Waals surface area contributed by atoms with Crippen LogP contribution in [0, 0.1) is 18.3 Å². The van der Waals surface area contributed by atoms with E-state index in [1.54, 1.807) is 13.2 Å². The van der Waals surface area contributed by atoms with E-state index in [4.69, 9.17) is 14.5 Å². The van der Waals surface area contributed by atoms with Crippen LogP contribution in [0.4, 0.5) is 11.5 Å². The Labute approximate surface area is 200 Å². The molecule has 2 heterocycles. The fraction of sp³-hybridized carbons (Fsp3) is 0.370. The SMILES string of the molecule is COC(=O)c1ccccc1NC(C)c1cc(C)cc2c(C#N)cc(N3CCC(OC)CC3)nc12. The van der Waals surface area contributed by atoms with E-state index in [1.165, 1.54) is 7.11 Å². The van der Waals surface area contributed by atoms with Gasteiger partial charge in [0.2, 0.25) is 0 Å². The minimum Gasteiger partial charge on any atom is -0.465 e. The molecule has 1 N–H and O–H groups in total. The van der Waals surface area contributed by atoms with Crippen molar-refractivity contribution in [3.05, 3.63) is 64.7 Å². The lowest BCUT2D eigenvalue weighted by atomic mass is 9.97. The number of aromatic nitrogens is 1. The minimum atomic E-state index is -0.393. The molecule has 0 spiro atoms. The second-order valence-corrected chi connectivity index (χ2v) is 8.72. The summed E-state index contributed by atoms with van der Waals surface area (Å²) in [6.45, 7) is 5.72. The first-order valence-corrected chi connectivity index (χ1v) is 11.5. The Bertz CT molecular complexity index is 1240. The zero-order valence-corrected chi connectivity index (χ0v) is 20.1. The van der Waals surface area contributed by atoms with Gasteiger partial charge in [0, 0.05) is 36.8 Å². The summed E-state index contributed by atoms with van der Waals surface area (Å²) in [7, 11) is 3.13. The number of piperidine rings is 1. The molecular weight excluding hydrogens is 428 g/mol. The average molecular weight is 459 g/mol. The van der Waals surface area contributed by atoms with Gasteiger partial charge in [0.25, 0.3) is 0 Å². The molecular formula is C27H30N4O3. The van der Waals surface area contributed by atoms with Crippen LogP contribution in [0.5, 0.6) is 0 Å². The highest BCUT2D eigenvalue weighted by Gasteiger charge is 2.23. The van der Waals surface area contributed by atoms with Gasteiger partial charge in [0.15, 0.2) is 0 Å². The molecule has 0 amide bonds. The summed E-state index contributed by atoms with van der Waals surface area (Å²) in [5, 5.41) is 14.2. The molecule has 34 heavy (non-hydrogen) atoms. The van der Waals surface area contributed by atoms with E-state index in [9.17, 15) is 10.1 Å². The Balaban J connectivity index is 1.75. The van der Waals surface area contributed by atoms with Crippen LogP contribution in [0.15, 0.2) is 42.5 Å². The van der Waals surface area contributed by atoms with Crippen molar-refractivity contribution < 1.29 is 14.3 Å². The van der Waals surface area contributed by atoms with E-state index in [1.807, 2.05) is 44.2 Å². The maximum absolute atomic E-state index is 12.2. The fourth-order valence-corrected chi connectivity index (χ4v) is 4.60. The molecule has 4 rings (SSSR count). The largest absolute Gasteiger partial charge is 0.465 e. The molecule has 176 valence electrons. The van der Waals surface area contributed by atoms with Crippen molar-refractivity contribution in [2.75, 3.05) is 37.5 Å². The molecule has 0 bridgehead atoms. The summed E-state index contributed by atoms with van der Waals surface area (Å²) < 4.78 is 10.4. The Hall–Kier alpha value is -3.63. The molecule has 7 heteroatoms. The van der Waals surface area contributed by atoms with Crippen LogP contribution in [0.25, 0.3) is 10.9 Å². The number of fused-ring (bicyclic) bond motifs is 1. The normalized spacial score (nSPS) is 15.1. The summed E-state index contributed by atoms with van der Waals surface area (Å²) in [5.41, 5.74) is 4.59. The van der Waals surface area contributed by atoms with Crippen molar-refractivity contribution in [1.82, 2.24) is 4.98 Å². The van der Waals surface area contributed by atoms with Crippen molar-refractivity contribution in [1.29, 1.82) is 5.26 Å². The van der Waals surface area contributed by atoms with Crippen molar-refractivity contribution in [3.63, 3.8) is 0 Å². The number of nitriles is 1. The van der Waals surface area contributed by atoms with Gasteiger partial charge in [-0.1, -0.05) is 18.2 Å². The molecule has 2 aromatic carbocycles. The van der Waals surface area contributed by atoms with Crippen LogP contribution in [0.3, 0.4) is 0 Å². The van der Waals surface area contributed by atoms with Crippen molar-refractivity contribution in [3.8, 4) is 6.07 Å². The van der Waals surface area contributed by atoms with E-state index >= 15 is 0 Å². The summed E-state index contributed by atoms with van der Waals surface area (Å²) in [4.78, 5) is 19.5. The molecule has 1 aliphatic heterocycles. The quantitative estimate of drug-likeness (QED) is 0.521. The predicted molar refractivity (Wildman–Crippen MR) is 133 cm³/mol. The number of nitrogens with one attached hydrogen (secondary N) is 1. The lowest BCUT2D eigenvalue weighted by molar-refractivity contribution is 0.0601. The molecule has 0 saturated carbocycles. The first-order chi connectivity index (χ1) is 16.4. The van der Waals surface area contributed by atoms with Crippen LogP contribution >= 0.6 is 0 Å². The molecule has 1 aliphatic rings. The third kappa shape index (κ3) is 4.68. The van der Waals surface area contributed by atoms with Gasteiger partial charge in [0.1, 0.15) is 5.82 Å². The Morgan fingerprint density at radius 3 is 2.62 bits per heavy atom. The third-order valence-electron chi connectivity index (χ3n) is 6.46. The van der Waals surface area contributed by atoms with Gasteiger partial charge in [0.05, 0.1) is 42.0 Å². The van der Waals surface area contributed by atoms with Gasteiger partial charge in [-0.15, -0.1) is 0 Å². The number of methoxy groups -OCH3 is 2. The number of ether oxygens (including phenoxy) is 2. The van der Waals surface area contributed by atoms with Gasteiger partial charge in [-0.25, -0.2) is 9.78 Å². The van der Waals surface area contributed by atoms with E-state index in [0.717, 1.165) is 53.8 Å². The van der Waals surface area contributed by atoms with Crippen LogP contribution in [0.2, 0.25) is 0 Å². The molecule has 1 aromatic heterocycles. The number of nitrogens with zero attached hydrogens (tertiary/aromatic N) is 3.